The lowest BCUT2D eigenvalue weighted by atomic mass is 10.0. The average Bonchev–Trinajstić information content (AvgIpc) is 2.47. The van der Waals surface area contributed by atoms with Gasteiger partial charge in [-0.05, 0) is 48.8 Å². The molecule has 1 amide bonds. The van der Waals surface area contributed by atoms with Gasteiger partial charge in [-0.2, -0.15) is 0 Å². The molecular weight excluding hydrogens is 475 g/mol. The van der Waals surface area contributed by atoms with Crippen LogP contribution in [0.25, 0.3) is 11.1 Å². The number of benzene rings is 1. The van der Waals surface area contributed by atoms with E-state index in [0.717, 1.165) is 14.5 Å². The highest BCUT2D eigenvalue weighted by molar-refractivity contribution is 9.11. The molecule has 0 radical (unpaired) electrons. The third kappa shape index (κ3) is 5.09. The Morgan fingerprint density at radius 2 is 1.88 bits per heavy atom. The van der Waals surface area contributed by atoms with Crippen molar-refractivity contribution in [2.45, 2.75) is 26.4 Å². The topological polar surface area (TPSA) is 60.5 Å². The highest BCUT2D eigenvalue weighted by Crippen LogP contribution is 2.42. The van der Waals surface area contributed by atoms with Gasteiger partial charge in [-0.3, -0.25) is 10.3 Å². The van der Waals surface area contributed by atoms with Crippen LogP contribution in [0.15, 0.2) is 33.5 Å². The summed E-state index contributed by atoms with van der Waals surface area (Å²) in [6.07, 6.45) is 2.45. The number of carbonyl (C=O) groups is 1. The highest BCUT2D eigenvalue weighted by Gasteiger charge is 2.20. The molecule has 8 heteroatoms. The Morgan fingerprint density at radius 3 is 2.48 bits per heavy atom. The van der Waals surface area contributed by atoms with Gasteiger partial charge in [0.25, 0.3) is 0 Å². The predicted octanol–water partition coefficient (Wildman–Crippen LogP) is 6.28. The SMILES string of the molecule is COc1cc(-c2c(Cl)cncc2NC(=O)OC(C)(C)C)c(Br)cc1Br. The number of amides is 1. The molecule has 0 bridgehead atoms. The molecule has 1 N–H and O–H groups in total. The Balaban J connectivity index is 2.51. The van der Waals surface area contributed by atoms with Gasteiger partial charge < -0.3 is 9.47 Å². The summed E-state index contributed by atoms with van der Waals surface area (Å²) in [6.45, 7) is 5.37. The summed E-state index contributed by atoms with van der Waals surface area (Å²) in [5, 5.41) is 3.09. The minimum atomic E-state index is -0.613. The van der Waals surface area contributed by atoms with Gasteiger partial charge >= 0.3 is 6.09 Å². The number of aromatic nitrogens is 1. The first-order valence-corrected chi connectivity index (χ1v) is 9.25. The Kier molecular flexibility index (Phi) is 6.35. The van der Waals surface area contributed by atoms with E-state index in [1.807, 2.05) is 12.1 Å². The van der Waals surface area contributed by atoms with Gasteiger partial charge in [0.2, 0.25) is 0 Å². The quantitative estimate of drug-likeness (QED) is 0.548. The smallest absolute Gasteiger partial charge is 0.412 e. The van der Waals surface area contributed by atoms with Gasteiger partial charge in [0.05, 0.1) is 28.5 Å². The summed E-state index contributed by atoms with van der Waals surface area (Å²) in [5.74, 6) is 0.634. The number of nitrogens with one attached hydrogen (secondary N) is 1. The lowest BCUT2D eigenvalue weighted by molar-refractivity contribution is 0.0636. The first-order valence-electron chi connectivity index (χ1n) is 7.29. The lowest BCUT2D eigenvalue weighted by Crippen LogP contribution is -2.27. The van der Waals surface area contributed by atoms with Crippen molar-refractivity contribution in [3.05, 3.63) is 38.5 Å². The van der Waals surface area contributed by atoms with Crippen molar-refractivity contribution in [1.82, 2.24) is 4.98 Å². The zero-order valence-corrected chi connectivity index (χ0v) is 18.0. The van der Waals surface area contributed by atoms with Crippen molar-refractivity contribution in [3.8, 4) is 16.9 Å². The first kappa shape index (κ1) is 20.0. The van der Waals surface area contributed by atoms with Crippen molar-refractivity contribution in [2.75, 3.05) is 12.4 Å². The molecule has 5 nitrogen and oxygen atoms in total. The number of hydrogen-bond acceptors (Lipinski definition) is 4. The molecule has 25 heavy (non-hydrogen) atoms. The van der Waals surface area contributed by atoms with Crippen LogP contribution in [0, 0.1) is 0 Å². The summed E-state index contributed by atoms with van der Waals surface area (Å²) in [7, 11) is 1.58. The Morgan fingerprint density at radius 1 is 1.20 bits per heavy atom. The van der Waals surface area contributed by atoms with Crippen LogP contribution in [0.1, 0.15) is 20.8 Å². The summed E-state index contributed by atoms with van der Waals surface area (Å²) in [4.78, 5) is 16.2. The second kappa shape index (κ2) is 7.93. The normalized spacial score (nSPS) is 11.2. The molecule has 2 aromatic rings. The van der Waals surface area contributed by atoms with Crippen LogP contribution >= 0.6 is 43.5 Å². The summed E-state index contributed by atoms with van der Waals surface area (Å²) >= 11 is 13.3. The Bertz CT molecular complexity index is 807. The van der Waals surface area contributed by atoms with Crippen molar-refractivity contribution in [2.24, 2.45) is 0 Å². The third-order valence-corrected chi connectivity index (χ3v) is 4.61. The summed E-state index contributed by atoms with van der Waals surface area (Å²) in [5.41, 5.74) is 1.18. The number of nitrogens with zero attached hydrogens (tertiary/aromatic N) is 1. The van der Waals surface area contributed by atoms with Crippen LogP contribution in [-0.2, 0) is 4.74 Å². The van der Waals surface area contributed by atoms with Gasteiger partial charge in [-0.25, -0.2) is 4.79 Å². The van der Waals surface area contributed by atoms with E-state index in [1.54, 1.807) is 27.9 Å². The standard InChI is InChI=1S/C17H17Br2ClN2O3/c1-17(2,3)25-16(23)22-13-8-21-7-12(20)15(13)9-5-14(24-4)11(19)6-10(9)18/h5-8H,1-4H3,(H,22,23). The largest absolute Gasteiger partial charge is 0.496 e. The number of rotatable bonds is 3. The third-order valence-electron chi connectivity index (χ3n) is 3.05. The van der Waals surface area contributed by atoms with Crippen LogP contribution in [0.4, 0.5) is 10.5 Å². The monoisotopic (exact) mass is 490 g/mol. The van der Waals surface area contributed by atoms with E-state index < -0.39 is 11.7 Å². The molecule has 0 fully saturated rings. The molecule has 0 atom stereocenters. The number of methoxy groups -OCH3 is 1. The first-order chi connectivity index (χ1) is 11.6. The number of halogens is 3. The number of ether oxygens (including phenoxy) is 2. The van der Waals surface area contributed by atoms with Crippen molar-refractivity contribution in [3.63, 3.8) is 0 Å². The zero-order valence-electron chi connectivity index (χ0n) is 14.1. The van der Waals surface area contributed by atoms with Crippen molar-refractivity contribution < 1.29 is 14.3 Å². The number of carbonyl (C=O) groups excluding carboxylic acids is 1. The minimum absolute atomic E-state index is 0.388. The maximum absolute atomic E-state index is 12.1. The fourth-order valence-corrected chi connectivity index (χ4v) is 3.71. The number of hydrogen-bond donors (Lipinski definition) is 1. The van der Waals surface area contributed by atoms with Crippen molar-refractivity contribution >= 4 is 55.2 Å². The fraction of sp³-hybridized carbons (Fsp3) is 0.294. The van der Waals surface area contributed by atoms with Crippen LogP contribution < -0.4 is 10.1 Å². The van der Waals surface area contributed by atoms with E-state index >= 15 is 0 Å². The highest BCUT2D eigenvalue weighted by atomic mass is 79.9. The van der Waals surface area contributed by atoms with Crippen molar-refractivity contribution in [1.29, 1.82) is 0 Å². The van der Waals surface area contributed by atoms with Crippen LogP contribution in [0.5, 0.6) is 5.75 Å². The molecular formula is C17H17Br2ClN2O3. The van der Waals surface area contributed by atoms with E-state index in [1.165, 1.54) is 12.4 Å². The van der Waals surface area contributed by atoms with Crippen LogP contribution in [0.3, 0.4) is 0 Å². The Hall–Kier alpha value is -1.31. The molecule has 0 spiro atoms. The molecule has 1 aromatic heterocycles. The van der Waals surface area contributed by atoms with Gasteiger partial charge in [-0.15, -0.1) is 0 Å². The molecule has 0 saturated heterocycles. The second-order valence-corrected chi connectivity index (χ2v) is 8.25. The maximum atomic E-state index is 12.1. The van der Waals surface area contributed by atoms with E-state index in [-0.39, 0.29) is 0 Å². The molecule has 0 aliphatic heterocycles. The molecule has 2 rings (SSSR count). The minimum Gasteiger partial charge on any atom is -0.496 e. The van der Waals surface area contributed by atoms with E-state index in [9.17, 15) is 4.79 Å². The van der Waals surface area contributed by atoms with E-state index in [0.29, 0.717) is 22.0 Å². The average molecular weight is 493 g/mol. The van der Waals surface area contributed by atoms with Gasteiger partial charge in [0.1, 0.15) is 11.4 Å². The summed E-state index contributed by atoms with van der Waals surface area (Å²) < 4.78 is 12.2. The van der Waals surface area contributed by atoms with Crippen LogP contribution in [-0.4, -0.2) is 23.8 Å². The number of anilines is 1. The zero-order chi connectivity index (χ0) is 18.8. The number of pyridine rings is 1. The lowest BCUT2D eigenvalue weighted by Gasteiger charge is -2.21. The van der Waals surface area contributed by atoms with Crippen LogP contribution in [0.2, 0.25) is 5.02 Å². The molecule has 0 aliphatic carbocycles. The van der Waals surface area contributed by atoms with Gasteiger partial charge in [-0.1, -0.05) is 27.5 Å². The fourth-order valence-electron chi connectivity index (χ4n) is 2.09. The molecule has 134 valence electrons. The van der Waals surface area contributed by atoms with E-state index in [4.69, 9.17) is 21.1 Å². The summed E-state index contributed by atoms with van der Waals surface area (Å²) in [6, 6.07) is 3.66. The van der Waals surface area contributed by atoms with E-state index in [2.05, 4.69) is 42.2 Å². The van der Waals surface area contributed by atoms with Gasteiger partial charge in [0, 0.05) is 21.8 Å². The second-order valence-electron chi connectivity index (χ2n) is 6.14. The molecule has 1 heterocycles. The Labute approximate surface area is 168 Å². The van der Waals surface area contributed by atoms with Gasteiger partial charge in [0.15, 0.2) is 0 Å². The molecule has 0 unspecified atom stereocenters. The predicted molar refractivity (Wildman–Crippen MR) is 106 cm³/mol. The molecule has 1 aromatic carbocycles. The maximum Gasteiger partial charge on any atom is 0.412 e. The molecule has 0 aliphatic rings. The molecule has 0 saturated carbocycles.